The third-order valence-corrected chi connectivity index (χ3v) is 3.66. The van der Waals surface area contributed by atoms with Crippen LogP contribution in [0.1, 0.15) is 33.6 Å². The molecular weight excluding hydrogens is 274 g/mol. The molecule has 1 heterocycles. The Bertz CT molecular complexity index is 537. The lowest BCUT2D eigenvalue weighted by molar-refractivity contribution is -0.0734. The minimum atomic E-state index is -1.07. The van der Waals surface area contributed by atoms with E-state index >= 15 is 0 Å². The first-order chi connectivity index (χ1) is 9.91. The third kappa shape index (κ3) is 3.80. The second-order valence-corrected chi connectivity index (χ2v) is 5.38. The second-order valence-electron chi connectivity index (χ2n) is 5.38. The first kappa shape index (κ1) is 15.5. The number of amides is 1. The van der Waals surface area contributed by atoms with Crippen molar-refractivity contribution in [2.24, 2.45) is 0 Å². The van der Waals surface area contributed by atoms with Crippen LogP contribution in [0.3, 0.4) is 0 Å². The van der Waals surface area contributed by atoms with Gasteiger partial charge in [-0.25, -0.2) is 4.79 Å². The zero-order valence-corrected chi connectivity index (χ0v) is 11.9. The fourth-order valence-corrected chi connectivity index (χ4v) is 2.43. The number of aliphatic hydroxyl groups is 1. The predicted octanol–water partition coefficient (Wildman–Crippen LogP) is 0.998. The van der Waals surface area contributed by atoms with Crippen molar-refractivity contribution >= 4 is 11.9 Å². The predicted molar refractivity (Wildman–Crippen MR) is 75.4 cm³/mol. The van der Waals surface area contributed by atoms with E-state index in [1.54, 1.807) is 13.1 Å². The van der Waals surface area contributed by atoms with Gasteiger partial charge in [-0.1, -0.05) is 6.07 Å². The molecule has 2 N–H and O–H groups in total. The Morgan fingerprint density at radius 2 is 1.90 bits per heavy atom. The minimum absolute atomic E-state index is 0.0685. The summed E-state index contributed by atoms with van der Waals surface area (Å²) < 4.78 is 5.20. The molecule has 6 nitrogen and oxygen atoms in total. The number of nitrogens with zero attached hydrogens (tertiary/aromatic N) is 1. The first-order valence-electron chi connectivity index (χ1n) is 6.80. The van der Waals surface area contributed by atoms with Crippen LogP contribution in [0.2, 0.25) is 0 Å². The number of ether oxygens (including phenoxy) is 1. The van der Waals surface area contributed by atoms with Crippen LogP contribution < -0.4 is 0 Å². The lowest BCUT2D eigenvalue weighted by Gasteiger charge is -2.35. The van der Waals surface area contributed by atoms with Gasteiger partial charge < -0.3 is 19.8 Å². The van der Waals surface area contributed by atoms with Gasteiger partial charge in [-0.05, 0) is 18.2 Å². The number of carboxylic acids is 1. The van der Waals surface area contributed by atoms with Gasteiger partial charge in [-0.2, -0.15) is 0 Å². The normalized spacial score (nSPS) is 17.2. The van der Waals surface area contributed by atoms with Crippen LogP contribution in [-0.2, 0) is 4.74 Å². The lowest BCUT2D eigenvalue weighted by atomic mass is 9.93. The largest absolute Gasteiger partial charge is 0.478 e. The maximum Gasteiger partial charge on any atom is 0.335 e. The quantitative estimate of drug-likeness (QED) is 0.864. The van der Waals surface area contributed by atoms with Crippen LogP contribution in [-0.4, -0.2) is 59.4 Å². The zero-order valence-electron chi connectivity index (χ0n) is 11.9. The number of hydrogen-bond donors (Lipinski definition) is 2. The molecule has 0 spiro atoms. The van der Waals surface area contributed by atoms with Crippen molar-refractivity contribution in [2.45, 2.75) is 18.4 Å². The Labute approximate surface area is 122 Å². The highest BCUT2D eigenvalue weighted by Gasteiger charge is 2.32. The van der Waals surface area contributed by atoms with Crippen molar-refractivity contribution < 1.29 is 24.5 Å². The highest BCUT2D eigenvalue weighted by Crippen LogP contribution is 2.22. The zero-order chi connectivity index (χ0) is 15.5. The van der Waals surface area contributed by atoms with Gasteiger partial charge in [0.25, 0.3) is 5.91 Å². The van der Waals surface area contributed by atoms with Gasteiger partial charge in [-0.3, -0.25) is 4.79 Å². The summed E-state index contributed by atoms with van der Waals surface area (Å²) in [7, 11) is 1.60. The number of hydrogen-bond acceptors (Lipinski definition) is 4. The van der Waals surface area contributed by atoms with Gasteiger partial charge in [0.2, 0.25) is 0 Å². The van der Waals surface area contributed by atoms with Gasteiger partial charge in [0.1, 0.15) is 0 Å². The van der Waals surface area contributed by atoms with Gasteiger partial charge in [-0.15, -0.1) is 0 Å². The Kier molecular flexibility index (Phi) is 4.59. The van der Waals surface area contributed by atoms with E-state index in [1.807, 2.05) is 0 Å². The second kappa shape index (κ2) is 6.24. The van der Waals surface area contributed by atoms with Crippen molar-refractivity contribution in [3.63, 3.8) is 0 Å². The molecule has 0 aromatic heterocycles. The number of carbonyl (C=O) groups is 2. The summed E-state index contributed by atoms with van der Waals surface area (Å²) in [5.74, 6) is -1.38. The molecule has 2 rings (SSSR count). The van der Waals surface area contributed by atoms with Crippen molar-refractivity contribution in [2.75, 3.05) is 26.8 Å². The van der Waals surface area contributed by atoms with E-state index in [-0.39, 0.29) is 18.0 Å². The van der Waals surface area contributed by atoms with Crippen LogP contribution >= 0.6 is 0 Å². The average Bonchev–Trinajstić information content (AvgIpc) is 2.46. The van der Waals surface area contributed by atoms with E-state index in [2.05, 4.69) is 0 Å². The van der Waals surface area contributed by atoms with Crippen LogP contribution in [0, 0.1) is 0 Å². The molecule has 0 bridgehead atoms. The van der Waals surface area contributed by atoms with Crippen LogP contribution in [0.5, 0.6) is 0 Å². The van der Waals surface area contributed by atoms with Crippen molar-refractivity contribution in [1.29, 1.82) is 0 Å². The van der Waals surface area contributed by atoms with Crippen molar-refractivity contribution in [1.82, 2.24) is 4.90 Å². The summed E-state index contributed by atoms with van der Waals surface area (Å²) in [6.45, 7) is 1.16. The molecule has 1 aliphatic heterocycles. The molecule has 1 aromatic carbocycles. The number of carboxylic acid groups (broad SMARTS) is 1. The summed E-state index contributed by atoms with van der Waals surface area (Å²) in [6, 6.07) is 5.88. The molecule has 0 radical (unpaired) electrons. The molecule has 1 saturated heterocycles. The fourth-order valence-electron chi connectivity index (χ4n) is 2.43. The number of likely N-dealkylation sites (N-methyl/N-ethyl adjacent to an activating group) is 1. The molecular formula is C15H19NO5. The maximum atomic E-state index is 12.3. The molecule has 0 unspecified atom stereocenters. The van der Waals surface area contributed by atoms with Crippen molar-refractivity contribution in [3.8, 4) is 0 Å². The molecule has 1 aromatic rings. The van der Waals surface area contributed by atoms with E-state index in [1.165, 1.54) is 23.1 Å². The summed E-state index contributed by atoms with van der Waals surface area (Å²) in [5.41, 5.74) is -0.570. The van der Waals surface area contributed by atoms with Gasteiger partial charge in [0, 0.05) is 45.2 Å². The molecule has 114 valence electrons. The Balaban J connectivity index is 2.08. The summed E-state index contributed by atoms with van der Waals surface area (Å²) in [4.78, 5) is 24.7. The highest BCUT2D eigenvalue weighted by atomic mass is 16.5. The molecule has 1 amide bonds. The van der Waals surface area contributed by atoms with Crippen molar-refractivity contribution in [3.05, 3.63) is 35.4 Å². The Morgan fingerprint density at radius 3 is 2.52 bits per heavy atom. The number of aromatic carboxylic acids is 1. The monoisotopic (exact) mass is 293 g/mol. The SMILES string of the molecule is CN(CC1(O)CCOCC1)C(=O)c1cccc(C(=O)O)c1. The van der Waals surface area contributed by atoms with E-state index in [4.69, 9.17) is 9.84 Å². The summed E-state index contributed by atoms with van der Waals surface area (Å²) in [5, 5.41) is 19.4. The summed E-state index contributed by atoms with van der Waals surface area (Å²) >= 11 is 0. The van der Waals surface area contributed by atoms with Crippen LogP contribution in [0.15, 0.2) is 24.3 Å². The van der Waals surface area contributed by atoms with Gasteiger partial charge >= 0.3 is 5.97 Å². The lowest BCUT2D eigenvalue weighted by Crippen LogP contribution is -2.47. The topological polar surface area (TPSA) is 87.1 Å². The number of carbonyl (C=O) groups excluding carboxylic acids is 1. The Hall–Kier alpha value is -1.92. The average molecular weight is 293 g/mol. The molecule has 21 heavy (non-hydrogen) atoms. The molecule has 0 atom stereocenters. The smallest absolute Gasteiger partial charge is 0.335 e. The molecule has 6 heteroatoms. The van der Waals surface area contributed by atoms with E-state index < -0.39 is 11.6 Å². The molecule has 0 saturated carbocycles. The fraction of sp³-hybridized carbons (Fsp3) is 0.467. The standard InChI is InChI=1S/C15H19NO5/c1-16(10-15(20)5-7-21-8-6-15)13(17)11-3-2-4-12(9-11)14(18)19/h2-4,9,20H,5-8,10H2,1H3,(H,18,19). The van der Waals surface area contributed by atoms with Crippen LogP contribution in [0.25, 0.3) is 0 Å². The summed E-state index contributed by atoms with van der Waals surface area (Å²) in [6.07, 6.45) is 0.972. The van der Waals surface area contributed by atoms with Crippen LogP contribution in [0.4, 0.5) is 0 Å². The molecule has 0 aliphatic carbocycles. The van der Waals surface area contributed by atoms with E-state index in [0.29, 0.717) is 31.6 Å². The van der Waals surface area contributed by atoms with Gasteiger partial charge in [0.15, 0.2) is 0 Å². The van der Waals surface area contributed by atoms with E-state index in [9.17, 15) is 14.7 Å². The van der Waals surface area contributed by atoms with Gasteiger partial charge in [0.05, 0.1) is 11.2 Å². The molecule has 1 fully saturated rings. The Morgan fingerprint density at radius 1 is 1.29 bits per heavy atom. The molecule has 1 aliphatic rings. The number of rotatable bonds is 4. The minimum Gasteiger partial charge on any atom is -0.478 e. The maximum absolute atomic E-state index is 12.3. The highest BCUT2D eigenvalue weighted by molar-refractivity contribution is 5.97. The third-order valence-electron chi connectivity index (χ3n) is 3.66. The first-order valence-corrected chi connectivity index (χ1v) is 6.80. The van der Waals surface area contributed by atoms with E-state index in [0.717, 1.165) is 0 Å². The number of benzene rings is 1.